The molecule has 1 heterocycles. The van der Waals surface area contributed by atoms with Crippen molar-refractivity contribution in [3.05, 3.63) is 59.2 Å². The minimum atomic E-state index is -3.86. The number of carbonyl (C=O) groups excluding carboxylic acids is 2. The molecule has 1 fully saturated rings. The Kier molecular flexibility index (Phi) is 5.93. The Morgan fingerprint density at radius 3 is 2.31 bits per heavy atom. The number of para-hydroxylation sites is 1. The van der Waals surface area contributed by atoms with Crippen molar-refractivity contribution in [1.29, 1.82) is 0 Å². The highest BCUT2D eigenvalue weighted by Gasteiger charge is 2.27. The first kappa shape index (κ1) is 20.9. The molecule has 2 aromatic rings. The molecule has 1 aliphatic rings. The number of anilines is 1. The number of primary amides is 1. The minimum absolute atomic E-state index is 0.0682. The molecule has 8 heteroatoms. The summed E-state index contributed by atoms with van der Waals surface area (Å²) >= 11 is 0. The summed E-state index contributed by atoms with van der Waals surface area (Å²) in [6, 6.07) is 11.8. The number of likely N-dealkylation sites (tertiary alicyclic amines) is 1. The van der Waals surface area contributed by atoms with Gasteiger partial charge < -0.3 is 10.6 Å². The van der Waals surface area contributed by atoms with Crippen LogP contribution in [-0.2, 0) is 14.8 Å². The number of piperidine rings is 1. The van der Waals surface area contributed by atoms with Gasteiger partial charge in [-0.05, 0) is 56.0 Å². The van der Waals surface area contributed by atoms with Crippen molar-refractivity contribution in [3.63, 3.8) is 0 Å². The minimum Gasteiger partial charge on any atom is -0.369 e. The number of amides is 2. The normalized spacial score (nSPS) is 15.2. The van der Waals surface area contributed by atoms with Crippen molar-refractivity contribution in [2.24, 2.45) is 11.7 Å². The molecule has 2 amide bonds. The summed E-state index contributed by atoms with van der Waals surface area (Å²) in [4.78, 5) is 25.9. The summed E-state index contributed by atoms with van der Waals surface area (Å²) < 4.78 is 28.5. The first-order valence-electron chi connectivity index (χ1n) is 9.47. The van der Waals surface area contributed by atoms with Crippen molar-refractivity contribution < 1.29 is 18.0 Å². The topological polar surface area (TPSA) is 110 Å². The molecule has 0 atom stereocenters. The summed E-state index contributed by atoms with van der Waals surface area (Å²) in [5.74, 6) is -0.810. The van der Waals surface area contributed by atoms with Crippen molar-refractivity contribution in [1.82, 2.24) is 4.90 Å². The molecule has 0 saturated carbocycles. The fourth-order valence-electron chi connectivity index (χ4n) is 3.46. The molecule has 3 rings (SSSR count). The fraction of sp³-hybridized carbons (Fsp3) is 0.333. The number of carbonyl (C=O) groups is 2. The van der Waals surface area contributed by atoms with Crippen LogP contribution in [0, 0.1) is 19.8 Å². The van der Waals surface area contributed by atoms with E-state index >= 15 is 0 Å². The van der Waals surface area contributed by atoms with Gasteiger partial charge in [0.25, 0.3) is 15.9 Å². The van der Waals surface area contributed by atoms with E-state index in [0.717, 1.165) is 5.56 Å². The van der Waals surface area contributed by atoms with Gasteiger partial charge >= 0.3 is 0 Å². The van der Waals surface area contributed by atoms with Gasteiger partial charge in [-0.3, -0.25) is 14.3 Å². The molecule has 0 unspecified atom stereocenters. The van der Waals surface area contributed by atoms with Crippen LogP contribution >= 0.6 is 0 Å². The van der Waals surface area contributed by atoms with Crippen molar-refractivity contribution in [2.45, 2.75) is 31.6 Å². The van der Waals surface area contributed by atoms with E-state index < -0.39 is 10.0 Å². The van der Waals surface area contributed by atoms with E-state index in [-0.39, 0.29) is 22.6 Å². The van der Waals surface area contributed by atoms with Crippen LogP contribution in [0.3, 0.4) is 0 Å². The van der Waals surface area contributed by atoms with E-state index in [0.29, 0.717) is 42.7 Å². The van der Waals surface area contributed by atoms with Crippen molar-refractivity contribution in [3.8, 4) is 0 Å². The second-order valence-electron chi connectivity index (χ2n) is 7.37. The summed E-state index contributed by atoms with van der Waals surface area (Å²) in [6.45, 7) is 4.35. The second kappa shape index (κ2) is 8.24. The molecule has 3 N–H and O–H groups in total. The number of benzene rings is 2. The van der Waals surface area contributed by atoms with Crippen molar-refractivity contribution >= 4 is 27.5 Å². The predicted octanol–water partition coefficient (Wildman–Crippen LogP) is 2.44. The molecular weight excluding hydrogens is 390 g/mol. The van der Waals surface area contributed by atoms with Crippen LogP contribution in [-0.4, -0.2) is 38.2 Å². The average Bonchev–Trinajstić information content (AvgIpc) is 2.69. The lowest BCUT2D eigenvalue weighted by atomic mass is 9.96. The number of nitrogens with one attached hydrogen (secondary N) is 1. The van der Waals surface area contributed by atoms with Crippen LogP contribution < -0.4 is 10.5 Å². The predicted molar refractivity (Wildman–Crippen MR) is 111 cm³/mol. The number of rotatable bonds is 5. The van der Waals surface area contributed by atoms with Gasteiger partial charge in [0, 0.05) is 24.6 Å². The first-order chi connectivity index (χ1) is 13.7. The molecule has 7 nitrogen and oxygen atoms in total. The standard InChI is InChI=1S/C21H25N3O4S/c1-14-5-3-4-6-18(14)23-29(27,28)19-13-17(8-7-15(19)2)21(26)24-11-9-16(10-12-24)20(22)25/h3-8,13,16,23H,9-12H2,1-2H3,(H2,22,25). The Bertz CT molecular complexity index is 1040. The number of aryl methyl sites for hydroxylation is 2. The molecule has 0 radical (unpaired) electrons. The lowest BCUT2D eigenvalue weighted by molar-refractivity contribution is -0.123. The number of sulfonamides is 1. The molecule has 0 bridgehead atoms. The van der Waals surface area contributed by atoms with E-state index in [1.165, 1.54) is 6.07 Å². The van der Waals surface area contributed by atoms with E-state index in [1.54, 1.807) is 36.1 Å². The van der Waals surface area contributed by atoms with Crippen LogP contribution in [0.15, 0.2) is 47.4 Å². The van der Waals surface area contributed by atoms with Gasteiger partial charge in [0.05, 0.1) is 10.6 Å². The van der Waals surface area contributed by atoms with Gasteiger partial charge in [-0.1, -0.05) is 24.3 Å². The molecule has 29 heavy (non-hydrogen) atoms. The molecule has 0 aromatic heterocycles. The summed E-state index contributed by atoms with van der Waals surface area (Å²) in [5, 5.41) is 0. The van der Waals surface area contributed by atoms with E-state index in [2.05, 4.69) is 4.72 Å². The van der Waals surface area contributed by atoms with E-state index in [9.17, 15) is 18.0 Å². The Balaban J connectivity index is 1.83. The third-order valence-corrected chi connectivity index (χ3v) is 6.81. The zero-order valence-electron chi connectivity index (χ0n) is 16.5. The van der Waals surface area contributed by atoms with Crippen LogP contribution in [0.2, 0.25) is 0 Å². The largest absolute Gasteiger partial charge is 0.369 e. The zero-order chi connectivity index (χ0) is 21.2. The molecule has 1 saturated heterocycles. The Hall–Kier alpha value is -2.87. The zero-order valence-corrected chi connectivity index (χ0v) is 17.3. The van der Waals surface area contributed by atoms with Gasteiger partial charge in [-0.15, -0.1) is 0 Å². The third kappa shape index (κ3) is 4.59. The highest BCUT2D eigenvalue weighted by Crippen LogP contribution is 2.24. The summed E-state index contributed by atoms with van der Waals surface area (Å²) in [6.07, 6.45) is 1.04. The maximum Gasteiger partial charge on any atom is 0.262 e. The molecule has 0 aliphatic carbocycles. The van der Waals surface area contributed by atoms with Gasteiger partial charge in [0.2, 0.25) is 5.91 Å². The Labute approximate surface area is 171 Å². The highest BCUT2D eigenvalue weighted by molar-refractivity contribution is 7.92. The van der Waals surface area contributed by atoms with Gasteiger partial charge in [-0.25, -0.2) is 8.42 Å². The number of hydrogen-bond donors (Lipinski definition) is 2. The first-order valence-corrected chi connectivity index (χ1v) is 10.9. The molecule has 1 aliphatic heterocycles. The van der Waals surface area contributed by atoms with Crippen LogP contribution in [0.5, 0.6) is 0 Å². The lowest BCUT2D eigenvalue weighted by Crippen LogP contribution is -2.41. The fourth-order valence-corrected chi connectivity index (χ4v) is 4.86. The van der Waals surface area contributed by atoms with E-state index in [1.807, 2.05) is 19.1 Å². The van der Waals surface area contributed by atoms with Crippen LogP contribution in [0.1, 0.15) is 34.3 Å². The van der Waals surface area contributed by atoms with Gasteiger partial charge in [0.15, 0.2) is 0 Å². The lowest BCUT2D eigenvalue weighted by Gasteiger charge is -2.30. The third-order valence-electron chi connectivity index (χ3n) is 5.30. The summed E-state index contributed by atoms with van der Waals surface area (Å²) in [5.41, 5.74) is 7.50. The van der Waals surface area contributed by atoms with Crippen LogP contribution in [0.25, 0.3) is 0 Å². The number of hydrogen-bond acceptors (Lipinski definition) is 4. The average molecular weight is 416 g/mol. The maximum atomic E-state index is 13.0. The quantitative estimate of drug-likeness (QED) is 0.781. The van der Waals surface area contributed by atoms with E-state index in [4.69, 9.17) is 5.73 Å². The molecular formula is C21H25N3O4S. The smallest absolute Gasteiger partial charge is 0.262 e. The summed E-state index contributed by atoms with van der Waals surface area (Å²) in [7, 11) is -3.86. The molecule has 154 valence electrons. The maximum absolute atomic E-state index is 13.0. The van der Waals surface area contributed by atoms with Gasteiger partial charge in [0.1, 0.15) is 0 Å². The second-order valence-corrected chi connectivity index (χ2v) is 9.02. The SMILES string of the molecule is Cc1ccccc1NS(=O)(=O)c1cc(C(=O)N2CCC(C(N)=O)CC2)ccc1C. The molecule has 0 spiro atoms. The van der Waals surface area contributed by atoms with Gasteiger partial charge in [-0.2, -0.15) is 0 Å². The number of nitrogens with two attached hydrogens (primary N) is 1. The Morgan fingerprint density at radius 1 is 1.03 bits per heavy atom. The van der Waals surface area contributed by atoms with Crippen LogP contribution in [0.4, 0.5) is 5.69 Å². The highest BCUT2D eigenvalue weighted by atomic mass is 32.2. The number of nitrogens with zero attached hydrogens (tertiary/aromatic N) is 1. The molecule has 2 aromatic carbocycles. The van der Waals surface area contributed by atoms with Crippen molar-refractivity contribution in [2.75, 3.05) is 17.8 Å². The monoisotopic (exact) mass is 415 g/mol. The Morgan fingerprint density at radius 2 is 1.69 bits per heavy atom.